The predicted octanol–water partition coefficient (Wildman–Crippen LogP) is 4.32. The molecule has 1 aromatic carbocycles. The highest BCUT2D eigenvalue weighted by atomic mass is 32.1. The Morgan fingerprint density at radius 2 is 2.04 bits per heavy atom. The van der Waals surface area contributed by atoms with Gasteiger partial charge in [0.15, 0.2) is 0 Å². The summed E-state index contributed by atoms with van der Waals surface area (Å²) in [6.07, 6.45) is 4.48. The largest absolute Gasteiger partial charge is 0.480 e. The summed E-state index contributed by atoms with van der Waals surface area (Å²) >= 11 is 1.73. The maximum atomic E-state index is 11.8. The lowest BCUT2D eigenvalue weighted by Crippen LogP contribution is -2.46. The van der Waals surface area contributed by atoms with Gasteiger partial charge in [-0.1, -0.05) is 30.7 Å². The molecule has 2 unspecified atom stereocenters. The molecule has 1 aliphatic heterocycles. The number of carboxylic acid groups (broad SMARTS) is 1. The Bertz CT molecular complexity index is 845. The molecule has 0 saturated carbocycles. The zero-order valence-corrected chi connectivity index (χ0v) is 14.7. The molecule has 1 saturated heterocycles. The number of hydrogen-bond donors (Lipinski definition) is 1. The third-order valence-electron chi connectivity index (χ3n) is 4.84. The van der Waals surface area contributed by atoms with Crippen molar-refractivity contribution in [3.05, 3.63) is 65.3 Å². The summed E-state index contributed by atoms with van der Waals surface area (Å²) in [5.74, 6) is -0.734. The molecule has 2 atom stereocenters. The van der Waals surface area contributed by atoms with Crippen LogP contribution in [0.1, 0.15) is 35.9 Å². The van der Waals surface area contributed by atoms with Gasteiger partial charge in [0.25, 0.3) is 0 Å². The SMILES string of the molecule is O=C(O)C1CCCCN1C(c1ccccn1)c1cc2ccccc2s1. The number of likely N-dealkylation sites (tertiary alicyclic amines) is 1. The van der Waals surface area contributed by atoms with Crippen molar-refractivity contribution in [1.82, 2.24) is 9.88 Å². The first-order valence-corrected chi connectivity index (χ1v) is 9.43. The van der Waals surface area contributed by atoms with E-state index in [2.05, 4.69) is 28.1 Å². The van der Waals surface area contributed by atoms with Crippen molar-refractivity contribution in [1.29, 1.82) is 0 Å². The fourth-order valence-electron chi connectivity index (χ4n) is 3.68. The van der Waals surface area contributed by atoms with Crippen LogP contribution in [0.15, 0.2) is 54.7 Å². The second-order valence-electron chi connectivity index (χ2n) is 6.43. The van der Waals surface area contributed by atoms with E-state index in [4.69, 9.17) is 0 Å². The average Bonchev–Trinajstić information content (AvgIpc) is 3.06. The third-order valence-corrected chi connectivity index (χ3v) is 6.01. The van der Waals surface area contributed by atoms with E-state index in [-0.39, 0.29) is 6.04 Å². The number of nitrogens with zero attached hydrogens (tertiary/aromatic N) is 2. The van der Waals surface area contributed by atoms with Gasteiger partial charge in [0.2, 0.25) is 0 Å². The molecule has 1 aliphatic rings. The van der Waals surface area contributed by atoms with Gasteiger partial charge in [-0.05, 0) is 42.5 Å². The van der Waals surface area contributed by atoms with Crippen LogP contribution in [0.3, 0.4) is 0 Å². The van der Waals surface area contributed by atoms with E-state index in [1.54, 1.807) is 17.5 Å². The number of carboxylic acids is 1. The number of thiophene rings is 1. The van der Waals surface area contributed by atoms with Gasteiger partial charge in [-0.3, -0.25) is 14.7 Å². The number of aliphatic carboxylic acids is 1. The topological polar surface area (TPSA) is 53.4 Å². The highest BCUT2D eigenvalue weighted by Gasteiger charge is 2.36. The Balaban J connectivity index is 1.82. The fourth-order valence-corrected chi connectivity index (χ4v) is 4.88. The Hall–Kier alpha value is -2.24. The van der Waals surface area contributed by atoms with Crippen LogP contribution in [-0.2, 0) is 4.79 Å². The number of carbonyl (C=O) groups is 1. The number of rotatable bonds is 4. The van der Waals surface area contributed by atoms with E-state index in [1.807, 2.05) is 30.3 Å². The number of benzene rings is 1. The maximum absolute atomic E-state index is 11.8. The fraction of sp³-hybridized carbons (Fsp3) is 0.300. The Morgan fingerprint density at radius 3 is 2.80 bits per heavy atom. The van der Waals surface area contributed by atoms with Crippen molar-refractivity contribution in [3.63, 3.8) is 0 Å². The molecule has 0 spiro atoms. The molecule has 1 N–H and O–H groups in total. The van der Waals surface area contributed by atoms with Gasteiger partial charge in [0.05, 0.1) is 11.7 Å². The van der Waals surface area contributed by atoms with E-state index in [1.165, 1.54) is 10.1 Å². The van der Waals surface area contributed by atoms with Crippen molar-refractivity contribution in [3.8, 4) is 0 Å². The molecule has 5 heteroatoms. The van der Waals surface area contributed by atoms with E-state index >= 15 is 0 Å². The molecule has 0 bridgehead atoms. The molecule has 128 valence electrons. The lowest BCUT2D eigenvalue weighted by atomic mass is 9.97. The van der Waals surface area contributed by atoms with Crippen molar-refractivity contribution in [2.45, 2.75) is 31.3 Å². The molecule has 25 heavy (non-hydrogen) atoms. The first-order valence-electron chi connectivity index (χ1n) is 8.62. The molecular formula is C20H20N2O2S. The molecule has 4 nitrogen and oxygen atoms in total. The normalized spacial score (nSPS) is 19.8. The van der Waals surface area contributed by atoms with Crippen LogP contribution in [0, 0.1) is 0 Å². The Labute approximate surface area is 150 Å². The highest BCUT2D eigenvalue weighted by molar-refractivity contribution is 7.19. The zero-order valence-electron chi connectivity index (χ0n) is 13.8. The quantitative estimate of drug-likeness (QED) is 0.759. The second kappa shape index (κ2) is 6.94. The van der Waals surface area contributed by atoms with E-state index in [0.717, 1.165) is 30.0 Å². The first-order chi connectivity index (χ1) is 12.2. The Morgan fingerprint density at radius 1 is 1.20 bits per heavy atom. The minimum Gasteiger partial charge on any atom is -0.480 e. The summed E-state index contributed by atoms with van der Waals surface area (Å²) in [5, 5.41) is 10.9. The zero-order chi connectivity index (χ0) is 17.2. The highest BCUT2D eigenvalue weighted by Crippen LogP contribution is 2.38. The number of piperidine rings is 1. The predicted molar refractivity (Wildman–Crippen MR) is 99.9 cm³/mol. The number of aromatic nitrogens is 1. The van der Waals surface area contributed by atoms with Crippen molar-refractivity contribution >= 4 is 27.4 Å². The molecule has 0 amide bonds. The van der Waals surface area contributed by atoms with E-state index in [9.17, 15) is 9.90 Å². The Kier molecular flexibility index (Phi) is 4.51. The number of pyridine rings is 1. The molecular weight excluding hydrogens is 332 g/mol. The molecule has 3 heterocycles. The van der Waals surface area contributed by atoms with E-state index < -0.39 is 12.0 Å². The van der Waals surface area contributed by atoms with Crippen LogP contribution in [0.5, 0.6) is 0 Å². The summed E-state index contributed by atoms with van der Waals surface area (Å²) in [6, 6.07) is 15.8. The van der Waals surface area contributed by atoms with Crippen LogP contribution in [0.25, 0.3) is 10.1 Å². The van der Waals surface area contributed by atoms with Gasteiger partial charge in [-0.25, -0.2) is 0 Å². The minimum atomic E-state index is -0.734. The van der Waals surface area contributed by atoms with E-state index in [0.29, 0.717) is 6.42 Å². The van der Waals surface area contributed by atoms with Crippen LogP contribution in [-0.4, -0.2) is 33.5 Å². The average molecular weight is 352 g/mol. The summed E-state index contributed by atoms with van der Waals surface area (Å²) in [6.45, 7) is 0.784. The van der Waals surface area contributed by atoms with Crippen LogP contribution in [0.4, 0.5) is 0 Å². The van der Waals surface area contributed by atoms with Gasteiger partial charge in [-0.2, -0.15) is 0 Å². The van der Waals surface area contributed by atoms with Crippen molar-refractivity contribution < 1.29 is 9.90 Å². The summed E-state index contributed by atoms with van der Waals surface area (Å²) in [4.78, 5) is 19.7. The van der Waals surface area contributed by atoms with Gasteiger partial charge < -0.3 is 5.11 Å². The molecule has 3 aromatic rings. The molecule has 4 rings (SSSR count). The van der Waals surface area contributed by atoms with Gasteiger partial charge in [0, 0.05) is 22.3 Å². The van der Waals surface area contributed by atoms with Crippen LogP contribution in [0.2, 0.25) is 0 Å². The van der Waals surface area contributed by atoms with Crippen LogP contribution < -0.4 is 0 Å². The number of fused-ring (bicyclic) bond motifs is 1. The standard InChI is InChI=1S/C20H20N2O2S/c23-20(24)16-9-4-6-12-22(16)19(15-8-3-5-11-21-15)18-13-14-7-1-2-10-17(14)25-18/h1-3,5,7-8,10-11,13,16,19H,4,6,9,12H2,(H,23,24). The minimum absolute atomic E-state index is 0.111. The lowest BCUT2D eigenvalue weighted by Gasteiger charge is -2.38. The smallest absolute Gasteiger partial charge is 0.320 e. The molecule has 0 aliphatic carbocycles. The van der Waals surface area contributed by atoms with Crippen molar-refractivity contribution in [2.75, 3.05) is 6.54 Å². The summed E-state index contributed by atoms with van der Waals surface area (Å²) < 4.78 is 1.22. The molecule has 0 radical (unpaired) electrons. The summed E-state index contributed by atoms with van der Waals surface area (Å²) in [7, 11) is 0. The monoisotopic (exact) mass is 352 g/mol. The molecule has 2 aromatic heterocycles. The number of hydrogen-bond acceptors (Lipinski definition) is 4. The van der Waals surface area contributed by atoms with Gasteiger partial charge in [-0.15, -0.1) is 11.3 Å². The third kappa shape index (κ3) is 3.17. The lowest BCUT2D eigenvalue weighted by molar-refractivity contribution is -0.145. The first kappa shape index (κ1) is 16.2. The molecule has 1 fully saturated rings. The van der Waals surface area contributed by atoms with Crippen LogP contribution >= 0.6 is 11.3 Å². The maximum Gasteiger partial charge on any atom is 0.320 e. The second-order valence-corrected chi connectivity index (χ2v) is 7.55. The van der Waals surface area contributed by atoms with Crippen molar-refractivity contribution in [2.24, 2.45) is 0 Å². The summed E-state index contributed by atoms with van der Waals surface area (Å²) in [5.41, 5.74) is 0.919. The van der Waals surface area contributed by atoms with Gasteiger partial charge in [0.1, 0.15) is 6.04 Å². The van der Waals surface area contributed by atoms with Gasteiger partial charge >= 0.3 is 5.97 Å².